The van der Waals surface area contributed by atoms with Crippen molar-refractivity contribution in [3.63, 3.8) is 0 Å². The first-order valence-electron chi connectivity index (χ1n) is 7.66. The molecule has 0 bridgehead atoms. The van der Waals surface area contributed by atoms with E-state index in [4.69, 9.17) is 0 Å². The van der Waals surface area contributed by atoms with Gasteiger partial charge in [0.15, 0.2) is 5.82 Å². The number of nitrogens with zero attached hydrogens (tertiary/aromatic N) is 5. The molecule has 112 valence electrons. The summed E-state index contributed by atoms with van der Waals surface area (Å²) in [7, 11) is 0. The number of hydrogen-bond acceptors (Lipinski definition) is 5. The van der Waals surface area contributed by atoms with E-state index in [0.29, 0.717) is 5.92 Å². The molecule has 1 N–H and O–H groups in total. The Morgan fingerprint density at radius 3 is 3.05 bits per heavy atom. The Balaban J connectivity index is 1.65. The quantitative estimate of drug-likeness (QED) is 0.928. The van der Waals surface area contributed by atoms with E-state index in [-0.39, 0.29) is 0 Å². The molecule has 0 aliphatic carbocycles. The van der Waals surface area contributed by atoms with Gasteiger partial charge in [0.2, 0.25) is 0 Å². The van der Waals surface area contributed by atoms with Gasteiger partial charge in [-0.2, -0.15) is 5.10 Å². The predicted octanol–water partition coefficient (Wildman–Crippen LogP) is 1.85. The Labute approximate surface area is 125 Å². The maximum atomic E-state index is 4.60. The highest BCUT2D eigenvalue weighted by molar-refractivity contribution is 5.04. The van der Waals surface area contributed by atoms with Crippen molar-refractivity contribution in [1.29, 1.82) is 0 Å². The van der Waals surface area contributed by atoms with Crippen molar-refractivity contribution in [3.8, 4) is 0 Å². The summed E-state index contributed by atoms with van der Waals surface area (Å²) in [6.07, 6.45) is 5.09. The van der Waals surface area contributed by atoms with Gasteiger partial charge in [-0.15, -0.1) is 0 Å². The molecule has 21 heavy (non-hydrogen) atoms. The lowest BCUT2D eigenvalue weighted by Crippen LogP contribution is -2.34. The summed E-state index contributed by atoms with van der Waals surface area (Å²) in [4.78, 5) is 15.8. The SMILES string of the molecule is CCc1nccc(CN2CCCC(c3n[nH]c(C)n3)C2)n1. The molecule has 1 aliphatic rings. The van der Waals surface area contributed by atoms with E-state index in [1.807, 2.05) is 19.2 Å². The molecule has 0 saturated carbocycles. The summed E-state index contributed by atoms with van der Waals surface area (Å²) in [5.74, 6) is 3.20. The first-order chi connectivity index (χ1) is 10.2. The molecule has 1 unspecified atom stereocenters. The molecule has 3 rings (SSSR count). The summed E-state index contributed by atoms with van der Waals surface area (Å²) >= 11 is 0. The lowest BCUT2D eigenvalue weighted by Gasteiger charge is -2.31. The highest BCUT2D eigenvalue weighted by Gasteiger charge is 2.24. The minimum atomic E-state index is 0.427. The molecule has 0 spiro atoms. The highest BCUT2D eigenvalue weighted by Crippen LogP contribution is 2.25. The fourth-order valence-electron chi connectivity index (χ4n) is 2.88. The van der Waals surface area contributed by atoms with Crippen molar-refractivity contribution < 1.29 is 0 Å². The minimum absolute atomic E-state index is 0.427. The van der Waals surface area contributed by atoms with Crippen LogP contribution >= 0.6 is 0 Å². The molecule has 2 aromatic heterocycles. The number of aromatic nitrogens is 5. The summed E-state index contributed by atoms with van der Waals surface area (Å²) in [5.41, 5.74) is 1.11. The van der Waals surface area contributed by atoms with Crippen LogP contribution in [0.4, 0.5) is 0 Å². The second kappa shape index (κ2) is 6.30. The monoisotopic (exact) mass is 286 g/mol. The summed E-state index contributed by atoms with van der Waals surface area (Å²) in [6, 6.07) is 2.01. The zero-order valence-electron chi connectivity index (χ0n) is 12.7. The van der Waals surface area contributed by atoms with Crippen LogP contribution in [0, 0.1) is 6.92 Å². The van der Waals surface area contributed by atoms with Crippen LogP contribution in [0.1, 0.15) is 48.9 Å². The molecule has 1 saturated heterocycles. The minimum Gasteiger partial charge on any atom is -0.297 e. The van der Waals surface area contributed by atoms with Crippen molar-refractivity contribution >= 4 is 0 Å². The van der Waals surface area contributed by atoms with E-state index < -0.39 is 0 Å². The van der Waals surface area contributed by atoms with Crippen molar-refractivity contribution in [1.82, 2.24) is 30.0 Å². The average Bonchev–Trinajstić information content (AvgIpc) is 2.94. The molecule has 1 aliphatic heterocycles. The number of H-pyrrole nitrogens is 1. The number of piperidine rings is 1. The van der Waals surface area contributed by atoms with Crippen LogP contribution in [0.25, 0.3) is 0 Å². The molecule has 0 radical (unpaired) electrons. The molecule has 3 heterocycles. The van der Waals surface area contributed by atoms with Gasteiger partial charge in [-0.1, -0.05) is 6.92 Å². The average molecular weight is 286 g/mol. The Kier molecular flexibility index (Phi) is 4.24. The van der Waals surface area contributed by atoms with Gasteiger partial charge in [0, 0.05) is 31.6 Å². The van der Waals surface area contributed by atoms with Crippen LogP contribution in [0.2, 0.25) is 0 Å². The zero-order valence-corrected chi connectivity index (χ0v) is 12.7. The Morgan fingerprint density at radius 2 is 2.29 bits per heavy atom. The maximum Gasteiger partial charge on any atom is 0.155 e. The summed E-state index contributed by atoms with van der Waals surface area (Å²) in [5, 5.41) is 7.27. The lowest BCUT2D eigenvalue weighted by atomic mass is 9.97. The fourth-order valence-corrected chi connectivity index (χ4v) is 2.88. The van der Waals surface area contributed by atoms with Crippen molar-refractivity contribution in [3.05, 3.63) is 35.4 Å². The molecule has 0 amide bonds. The smallest absolute Gasteiger partial charge is 0.155 e. The molecule has 1 fully saturated rings. The van der Waals surface area contributed by atoms with E-state index in [2.05, 4.69) is 37.0 Å². The van der Waals surface area contributed by atoms with E-state index >= 15 is 0 Å². The summed E-state index contributed by atoms with van der Waals surface area (Å²) in [6.45, 7) is 7.04. The number of hydrogen-bond donors (Lipinski definition) is 1. The van der Waals surface area contributed by atoms with Crippen LogP contribution in [0.15, 0.2) is 12.3 Å². The maximum absolute atomic E-state index is 4.60. The molecule has 0 aromatic carbocycles. The Morgan fingerprint density at radius 1 is 1.38 bits per heavy atom. The third-order valence-electron chi connectivity index (χ3n) is 3.95. The summed E-state index contributed by atoms with van der Waals surface area (Å²) < 4.78 is 0. The van der Waals surface area contributed by atoms with Gasteiger partial charge in [-0.25, -0.2) is 15.0 Å². The highest BCUT2D eigenvalue weighted by atomic mass is 15.2. The second-order valence-corrected chi connectivity index (χ2v) is 5.67. The van der Waals surface area contributed by atoms with Crippen molar-refractivity contribution in [2.45, 2.75) is 45.6 Å². The number of likely N-dealkylation sites (tertiary alicyclic amines) is 1. The number of nitrogens with one attached hydrogen (secondary N) is 1. The van der Waals surface area contributed by atoms with Crippen molar-refractivity contribution in [2.24, 2.45) is 0 Å². The van der Waals surface area contributed by atoms with Gasteiger partial charge in [-0.05, 0) is 32.4 Å². The van der Waals surface area contributed by atoms with Gasteiger partial charge < -0.3 is 0 Å². The van der Waals surface area contributed by atoms with Crippen LogP contribution in [0.3, 0.4) is 0 Å². The van der Waals surface area contributed by atoms with Crippen LogP contribution in [-0.4, -0.2) is 43.1 Å². The van der Waals surface area contributed by atoms with Gasteiger partial charge in [0.1, 0.15) is 11.6 Å². The largest absolute Gasteiger partial charge is 0.297 e. The van der Waals surface area contributed by atoms with Crippen molar-refractivity contribution in [2.75, 3.05) is 13.1 Å². The Hall–Kier alpha value is -1.82. The third kappa shape index (κ3) is 3.44. The number of aromatic amines is 1. The number of aryl methyl sites for hydroxylation is 2. The van der Waals surface area contributed by atoms with Crippen LogP contribution in [0.5, 0.6) is 0 Å². The number of rotatable bonds is 4. The van der Waals surface area contributed by atoms with Crippen LogP contribution < -0.4 is 0 Å². The zero-order chi connectivity index (χ0) is 14.7. The Bertz CT molecular complexity index is 593. The van der Waals surface area contributed by atoms with E-state index in [0.717, 1.165) is 55.6 Å². The second-order valence-electron chi connectivity index (χ2n) is 5.67. The van der Waals surface area contributed by atoms with Gasteiger partial charge in [-0.3, -0.25) is 10.00 Å². The standard InChI is InChI=1S/C15H22N6/c1-3-14-16-7-6-13(18-14)10-21-8-4-5-12(9-21)15-17-11(2)19-20-15/h6-7,12H,3-5,8-10H2,1-2H3,(H,17,19,20). The van der Waals surface area contributed by atoms with Gasteiger partial charge >= 0.3 is 0 Å². The third-order valence-corrected chi connectivity index (χ3v) is 3.95. The lowest BCUT2D eigenvalue weighted by molar-refractivity contribution is 0.194. The topological polar surface area (TPSA) is 70.6 Å². The van der Waals surface area contributed by atoms with Gasteiger partial charge in [0.25, 0.3) is 0 Å². The molecule has 6 nitrogen and oxygen atoms in total. The predicted molar refractivity (Wildman–Crippen MR) is 79.8 cm³/mol. The van der Waals surface area contributed by atoms with E-state index in [9.17, 15) is 0 Å². The van der Waals surface area contributed by atoms with E-state index in [1.165, 1.54) is 6.42 Å². The molecule has 1 atom stereocenters. The van der Waals surface area contributed by atoms with Gasteiger partial charge in [0.05, 0.1) is 5.69 Å². The fraction of sp³-hybridized carbons (Fsp3) is 0.600. The van der Waals surface area contributed by atoms with E-state index in [1.54, 1.807) is 0 Å². The molecular weight excluding hydrogens is 264 g/mol. The molecule has 2 aromatic rings. The van der Waals surface area contributed by atoms with Crippen LogP contribution in [-0.2, 0) is 13.0 Å². The first kappa shape index (κ1) is 14.1. The normalized spacial score (nSPS) is 19.8. The molecule has 6 heteroatoms. The molecular formula is C15H22N6. The first-order valence-corrected chi connectivity index (χ1v) is 7.66.